The standard InChI is InChI=1S/C20H12Cl2O2/c21-19-7-3-1-5-15(19)17-9-14(12-24)18(10-13(17)11-23)16-6-2-4-8-20(16)22/h1-12H. The van der Waals surface area contributed by atoms with Gasteiger partial charge in [-0.2, -0.15) is 0 Å². The molecule has 24 heavy (non-hydrogen) atoms. The van der Waals surface area contributed by atoms with Gasteiger partial charge in [0.2, 0.25) is 0 Å². The number of carbonyl (C=O) groups is 2. The van der Waals surface area contributed by atoms with Crippen molar-refractivity contribution in [3.05, 3.63) is 81.8 Å². The summed E-state index contributed by atoms with van der Waals surface area (Å²) in [5, 5.41) is 1.03. The summed E-state index contributed by atoms with van der Waals surface area (Å²) in [5.74, 6) is 0. The molecule has 0 aromatic heterocycles. The van der Waals surface area contributed by atoms with E-state index in [1.165, 1.54) is 0 Å². The van der Waals surface area contributed by atoms with E-state index in [-0.39, 0.29) is 0 Å². The zero-order valence-electron chi connectivity index (χ0n) is 12.5. The van der Waals surface area contributed by atoms with Gasteiger partial charge in [-0.1, -0.05) is 59.6 Å². The molecule has 0 fully saturated rings. The van der Waals surface area contributed by atoms with Crippen LogP contribution in [0.1, 0.15) is 20.7 Å². The summed E-state index contributed by atoms with van der Waals surface area (Å²) in [7, 11) is 0. The van der Waals surface area contributed by atoms with Crippen LogP contribution < -0.4 is 0 Å². The molecule has 3 aromatic carbocycles. The summed E-state index contributed by atoms with van der Waals surface area (Å²) in [6.45, 7) is 0. The predicted octanol–water partition coefficient (Wildman–Crippen LogP) is 5.95. The van der Waals surface area contributed by atoms with Gasteiger partial charge < -0.3 is 0 Å². The normalized spacial score (nSPS) is 10.4. The molecule has 4 heteroatoms. The summed E-state index contributed by atoms with van der Waals surface area (Å²) in [6, 6.07) is 17.8. The summed E-state index contributed by atoms with van der Waals surface area (Å²) >= 11 is 12.5. The second-order valence-corrected chi connectivity index (χ2v) is 6.04. The number of hydrogen-bond donors (Lipinski definition) is 0. The largest absolute Gasteiger partial charge is 0.298 e. The molecule has 0 aliphatic carbocycles. The van der Waals surface area contributed by atoms with Gasteiger partial charge in [0.15, 0.2) is 12.6 Å². The number of halogens is 2. The average Bonchev–Trinajstić information content (AvgIpc) is 2.61. The summed E-state index contributed by atoms with van der Waals surface area (Å²) < 4.78 is 0. The van der Waals surface area contributed by atoms with Gasteiger partial charge >= 0.3 is 0 Å². The van der Waals surface area contributed by atoms with Crippen molar-refractivity contribution in [3.63, 3.8) is 0 Å². The first-order chi connectivity index (χ1) is 11.7. The molecular formula is C20H12Cl2O2. The lowest BCUT2D eigenvalue weighted by Crippen LogP contribution is -1.96. The van der Waals surface area contributed by atoms with E-state index < -0.39 is 0 Å². The highest BCUT2D eigenvalue weighted by molar-refractivity contribution is 6.34. The first-order valence-electron chi connectivity index (χ1n) is 7.24. The second kappa shape index (κ2) is 7.00. The first kappa shape index (κ1) is 16.4. The fourth-order valence-corrected chi connectivity index (χ4v) is 3.13. The molecule has 0 heterocycles. The lowest BCUT2D eigenvalue weighted by molar-refractivity contribution is 0.111. The van der Waals surface area contributed by atoms with Gasteiger partial charge in [-0.05, 0) is 35.4 Å². The molecule has 2 nitrogen and oxygen atoms in total. The molecule has 3 rings (SSSR count). The lowest BCUT2D eigenvalue weighted by atomic mass is 9.91. The number of benzene rings is 3. The predicted molar refractivity (Wildman–Crippen MR) is 98.1 cm³/mol. The van der Waals surface area contributed by atoms with E-state index in [1.54, 1.807) is 24.3 Å². The third kappa shape index (κ3) is 2.99. The van der Waals surface area contributed by atoms with Crippen LogP contribution in [0.25, 0.3) is 22.3 Å². The molecular weight excluding hydrogens is 343 g/mol. The van der Waals surface area contributed by atoms with Crippen molar-refractivity contribution in [1.82, 2.24) is 0 Å². The molecule has 0 saturated heterocycles. The highest BCUT2D eigenvalue weighted by Gasteiger charge is 2.15. The molecule has 0 unspecified atom stereocenters. The maximum atomic E-state index is 11.6. The van der Waals surface area contributed by atoms with E-state index in [0.29, 0.717) is 43.4 Å². The average molecular weight is 355 g/mol. The molecule has 0 spiro atoms. The van der Waals surface area contributed by atoms with Gasteiger partial charge in [-0.3, -0.25) is 9.59 Å². The number of hydrogen-bond acceptors (Lipinski definition) is 2. The van der Waals surface area contributed by atoms with Crippen LogP contribution in [0.3, 0.4) is 0 Å². The van der Waals surface area contributed by atoms with Crippen LogP contribution >= 0.6 is 23.2 Å². The van der Waals surface area contributed by atoms with Crippen LogP contribution in [0.2, 0.25) is 10.0 Å². The van der Waals surface area contributed by atoms with Gasteiger partial charge in [0.05, 0.1) is 0 Å². The van der Waals surface area contributed by atoms with Gasteiger partial charge in [-0.25, -0.2) is 0 Å². The van der Waals surface area contributed by atoms with Crippen molar-refractivity contribution in [2.24, 2.45) is 0 Å². The van der Waals surface area contributed by atoms with Crippen LogP contribution in [0.4, 0.5) is 0 Å². The Bertz CT molecular complexity index is 855. The van der Waals surface area contributed by atoms with E-state index in [9.17, 15) is 9.59 Å². The molecule has 0 aliphatic rings. The van der Waals surface area contributed by atoms with Crippen LogP contribution in [-0.4, -0.2) is 12.6 Å². The minimum Gasteiger partial charge on any atom is -0.298 e. The molecule has 0 saturated carbocycles. The fourth-order valence-electron chi connectivity index (χ4n) is 2.65. The fraction of sp³-hybridized carbons (Fsp3) is 0. The molecule has 118 valence electrons. The molecule has 0 radical (unpaired) electrons. The van der Waals surface area contributed by atoms with Crippen molar-refractivity contribution in [1.29, 1.82) is 0 Å². The summed E-state index contributed by atoms with van der Waals surface area (Å²) in [4.78, 5) is 23.2. The Labute approximate surface area is 149 Å². The van der Waals surface area contributed by atoms with Gasteiger partial charge in [0.1, 0.15) is 0 Å². The van der Waals surface area contributed by atoms with Crippen LogP contribution in [0, 0.1) is 0 Å². The van der Waals surface area contributed by atoms with Crippen molar-refractivity contribution in [3.8, 4) is 22.3 Å². The highest BCUT2D eigenvalue weighted by atomic mass is 35.5. The Hall–Kier alpha value is -2.42. The Kier molecular flexibility index (Phi) is 4.79. The maximum absolute atomic E-state index is 11.6. The molecule has 3 aromatic rings. The smallest absolute Gasteiger partial charge is 0.150 e. The van der Waals surface area contributed by atoms with E-state index in [0.717, 1.165) is 12.6 Å². The van der Waals surface area contributed by atoms with E-state index >= 15 is 0 Å². The van der Waals surface area contributed by atoms with Crippen LogP contribution in [0.15, 0.2) is 60.7 Å². The van der Waals surface area contributed by atoms with Crippen molar-refractivity contribution in [2.45, 2.75) is 0 Å². The van der Waals surface area contributed by atoms with Crippen molar-refractivity contribution < 1.29 is 9.59 Å². The lowest BCUT2D eigenvalue weighted by Gasteiger charge is -2.13. The number of rotatable bonds is 4. The summed E-state index contributed by atoms with van der Waals surface area (Å²) in [5.41, 5.74) is 3.54. The number of aldehydes is 2. The van der Waals surface area contributed by atoms with Crippen molar-refractivity contribution in [2.75, 3.05) is 0 Å². The van der Waals surface area contributed by atoms with E-state index in [2.05, 4.69) is 0 Å². The Morgan fingerprint density at radius 1 is 0.583 bits per heavy atom. The molecule has 0 bridgehead atoms. The van der Waals surface area contributed by atoms with Gasteiger partial charge in [0.25, 0.3) is 0 Å². The zero-order valence-corrected chi connectivity index (χ0v) is 14.0. The summed E-state index contributed by atoms with van der Waals surface area (Å²) in [6.07, 6.45) is 1.52. The quantitative estimate of drug-likeness (QED) is 0.542. The molecule has 0 amide bonds. The van der Waals surface area contributed by atoms with Crippen LogP contribution in [0.5, 0.6) is 0 Å². The highest BCUT2D eigenvalue weighted by Crippen LogP contribution is 2.36. The molecule has 0 atom stereocenters. The Balaban J connectivity index is 2.29. The third-order valence-electron chi connectivity index (χ3n) is 3.80. The SMILES string of the molecule is O=Cc1cc(-c2ccccc2Cl)c(C=O)cc1-c1ccccc1Cl. The third-order valence-corrected chi connectivity index (χ3v) is 4.46. The number of carbonyl (C=O) groups excluding carboxylic acids is 2. The van der Waals surface area contributed by atoms with Crippen molar-refractivity contribution >= 4 is 35.8 Å². The van der Waals surface area contributed by atoms with E-state index in [4.69, 9.17) is 23.2 Å². The van der Waals surface area contributed by atoms with Crippen LogP contribution in [-0.2, 0) is 0 Å². The topological polar surface area (TPSA) is 34.1 Å². The monoisotopic (exact) mass is 354 g/mol. The maximum Gasteiger partial charge on any atom is 0.150 e. The minimum absolute atomic E-state index is 0.448. The first-order valence-corrected chi connectivity index (χ1v) is 7.99. The Morgan fingerprint density at radius 2 is 0.958 bits per heavy atom. The molecule has 0 N–H and O–H groups in total. The zero-order chi connectivity index (χ0) is 17.1. The Morgan fingerprint density at radius 3 is 1.29 bits per heavy atom. The molecule has 0 aliphatic heterocycles. The minimum atomic E-state index is 0.448. The second-order valence-electron chi connectivity index (χ2n) is 5.22. The van der Waals surface area contributed by atoms with Gasteiger partial charge in [0, 0.05) is 32.3 Å². The van der Waals surface area contributed by atoms with E-state index in [1.807, 2.05) is 36.4 Å². The van der Waals surface area contributed by atoms with Gasteiger partial charge in [-0.15, -0.1) is 0 Å².